The van der Waals surface area contributed by atoms with Crippen LogP contribution >= 0.6 is 11.3 Å². The Bertz CT molecular complexity index is 1080. The number of aromatic nitrogens is 4. The monoisotopic (exact) mass is 473 g/mol. The summed E-state index contributed by atoms with van der Waals surface area (Å²) in [5.74, 6) is -0.0599. The number of carbonyl (C=O) groups excluding carboxylic acids is 1. The van der Waals surface area contributed by atoms with E-state index in [1.54, 1.807) is 13.1 Å². The van der Waals surface area contributed by atoms with E-state index >= 15 is 0 Å². The lowest BCUT2D eigenvalue weighted by molar-refractivity contribution is -0.127. The molecular formula is C21H24FN7O3S. The summed E-state index contributed by atoms with van der Waals surface area (Å²) in [5.41, 5.74) is 0.477. The molecule has 10 nitrogen and oxygen atoms in total. The number of halogens is 1. The van der Waals surface area contributed by atoms with Crippen LogP contribution < -0.4 is 20.3 Å². The molecule has 174 valence electrons. The molecular weight excluding hydrogens is 449 g/mol. The van der Waals surface area contributed by atoms with E-state index in [1.807, 2.05) is 12.1 Å². The molecule has 3 aromatic rings. The van der Waals surface area contributed by atoms with Gasteiger partial charge in [0, 0.05) is 31.9 Å². The van der Waals surface area contributed by atoms with Gasteiger partial charge in [0.2, 0.25) is 10.3 Å². The lowest BCUT2D eigenvalue weighted by atomic mass is 10.1. The maximum Gasteiger partial charge on any atom is 0.259 e. The van der Waals surface area contributed by atoms with Gasteiger partial charge < -0.3 is 19.7 Å². The smallest absolute Gasteiger partial charge is 0.259 e. The Hall–Kier alpha value is -3.38. The van der Waals surface area contributed by atoms with Crippen LogP contribution in [-0.2, 0) is 9.53 Å². The molecule has 1 aliphatic rings. The van der Waals surface area contributed by atoms with Crippen molar-refractivity contribution in [2.24, 2.45) is 0 Å². The Balaban J connectivity index is 1.37. The van der Waals surface area contributed by atoms with Crippen LogP contribution in [0.1, 0.15) is 25.0 Å². The molecule has 0 unspecified atom stereocenters. The number of anilines is 3. The Labute approximate surface area is 194 Å². The molecule has 3 heterocycles. The first-order valence-electron chi connectivity index (χ1n) is 10.5. The summed E-state index contributed by atoms with van der Waals surface area (Å²) in [6, 6.07) is 8.15. The van der Waals surface area contributed by atoms with Crippen molar-refractivity contribution in [3.63, 3.8) is 0 Å². The summed E-state index contributed by atoms with van der Waals surface area (Å²) in [6.07, 6.45) is 1.62. The summed E-state index contributed by atoms with van der Waals surface area (Å²) in [5, 5.41) is 23.3. The number of rotatable bonds is 9. The van der Waals surface area contributed by atoms with Crippen LogP contribution in [0.3, 0.4) is 0 Å². The maximum absolute atomic E-state index is 13.8. The third-order valence-electron chi connectivity index (χ3n) is 5.10. The van der Waals surface area contributed by atoms with E-state index in [0.717, 1.165) is 25.3 Å². The average molecular weight is 474 g/mol. The first kappa shape index (κ1) is 22.8. The second-order valence-corrected chi connectivity index (χ2v) is 8.27. The molecule has 1 aliphatic heterocycles. The van der Waals surface area contributed by atoms with Crippen molar-refractivity contribution in [2.75, 3.05) is 42.3 Å². The van der Waals surface area contributed by atoms with Crippen LogP contribution in [0.5, 0.6) is 5.75 Å². The maximum atomic E-state index is 13.8. The van der Waals surface area contributed by atoms with Crippen molar-refractivity contribution in [3.8, 4) is 5.75 Å². The first-order valence-corrected chi connectivity index (χ1v) is 11.3. The molecule has 2 N–H and O–H groups in total. The van der Waals surface area contributed by atoms with Crippen LogP contribution in [0, 0.1) is 5.82 Å². The highest BCUT2D eigenvalue weighted by atomic mass is 32.1. The number of ether oxygens (including phenoxy) is 2. The fraction of sp³-hybridized carbons (Fsp3) is 0.381. The molecule has 1 fully saturated rings. The third-order valence-corrected chi connectivity index (χ3v) is 5.87. The van der Waals surface area contributed by atoms with E-state index < -0.39 is 17.8 Å². The zero-order valence-electron chi connectivity index (χ0n) is 18.2. The van der Waals surface area contributed by atoms with Gasteiger partial charge in [-0.2, -0.15) is 5.10 Å². The minimum atomic E-state index is -0.944. The predicted octanol–water partition coefficient (Wildman–Crippen LogP) is 2.88. The largest absolute Gasteiger partial charge is 0.494 e. The standard InChI is InChI=1S/C21H24FN7O3S/c1-3-32-18(13-6-7-15(22)16(11-13)31-2)19(30)25-21-28-27-20(33-21)24-14-8-10-29(12-14)17-5-4-9-23-26-17/h4-7,9,11,14,18H,3,8,10,12H2,1-2H3,(H,24,27)(H,25,28,30)/t14-,18-/m0/s1. The topological polar surface area (TPSA) is 114 Å². The van der Waals surface area contributed by atoms with Crippen LogP contribution in [0.25, 0.3) is 0 Å². The summed E-state index contributed by atoms with van der Waals surface area (Å²) in [7, 11) is 1.37. The summed E-state index contributed by atoms with van der Waals surface area (Å²) < 4.78 is 24.4. The van der Waals surface area contributed by atoms with Gasteiger partial charge in [0.15, 0.2) is 23.5 Å². The molecule has 0 aliphatic carbocycles. The molecule has 12 heteroatoms. The van der Waals surface area contributed by atoms with Crippen molar-refractivity contribution in [1.82, 2.24) is 20.4 Å². The number of benzene rings is 1. The molecule has 2 aromatic heterocycles. The zero-order valence-corrected chi connectivity index (χ0v) is 19.0. The Morgan fingerprint density at radius 1 is 1.30 bits per heavy atom. The number of methoxy groups -OCH3 is 1. The van der Waals surface area contributed by atoms with E-state index in [1.165, 1.54) is 36.6 Å². The molecule has 1 amide bonds. The van der Waals surface area contributed by atoms with Gasteiger partial charge >= 0.3 is 0 Å². The van der Waals surface area contributed by atoms with Gasteiger partial charge in [-0.1, -0.05) is 17.4 Å². The zero-order chi connectivity index (χ0) is 23.2. The van der Waals surface area contributed by atoms with Crippen LogP contribution in [0.4, 0.5) is 20.5 Å². The Morgan fingerprint density at radius 3 is 2.91 bits per heavy atom. The van der Waals surface area contributed by atoms with Gasteiger partial charge in [-0.25, -0.2) is 4.39 Å². The van der Waals surface area contributed by atoms with Crippen molar-refractivity contribution < 1.29 is 18.7 Å². The quantitative estimate of drug-likeness (QED) is 0.484. The molecule has 4 rings (SSSR count). The normalized spacial score (nSPS) is 16.5. The van der Waals surface area contributed by atoms with Crippen molar-refractivity contribution in [3.05, 3.63) is 47.9 Å². The SMILES string of the molecule is CCO[C@H](C(=O)Nc1nnc(N[C@H]2CCN(c3cccnn3)C2)s1)c1ccc(F)c(OC)c1. The second-order valence-electron chi connectivity index (χ2n) is 7.29. The van der Waals surface area contributed by atoms with Gasteiger partial charge in [0.1, 0.15) is 0 Å². The van der Waals surface area contributed by atoms with Gasteiger partial charge in [0.25, 0.3) is 5.91 Å². The summed E-state index contributed by atoms with van der Waals surface area (Å²) in [4.78, 5) is 15.0. The minimum Gasteiger partial charge on any atom is -0.494 e. The lowest BCUT2D eigenvalue weighted by Gasteiger charge is -2.17. The van der Waals surface area contributed by atoms with E-state index in [2.05, 4.69) is 35.9 Å². The van der Waals surface area contributed by atoms with E-state index in [-0.39, 0.29) is 11.8 Å². The van der Waals surface area contributed by atoms with Gasteiger partial charge in [-0.05, 0) is 43.2 Å². The first-order chi connectivity index (χ1) is 16.1. The number of nitrogens with one attached hydrogen (secondary N) is 2. The molecule has 0 saturated carbocycles. The van der Waals surface area contributed by atoms with Gasteiger partial charge in [-0.15, -0.1) is 15.3 Å². The van der Waals surface area contributed by atoms with Crippen molar-refractivity contribution in [1.29, 1.82) is 0 Å². The van der Waals surface area contributed by atoms with Gasteiger partial charge in [0.05, 0.1) is 7.11 Å². The number of nitrogens with zero attached hydrogens (tertiary/aromatic N) is 5. The second kappa shape index (κ2) is 10.5. The molecule has 1 saturated heterocycles. The van der Waals surface area contributed by atoms with Gasteiger partial charge in [-0.3, -0.25) is 10.1 Å². The summed E-state index contributed by atoms with van der Waals surface area (Å²) >= 11 is 1.23. The highest BCUT2D eigenvalue weighted by Gasteiger charge is 2.26. The highest BCUT2D eigenvalue weighted by Crippen LogP contribution is 2.28. The number of carbonyl (C=O) groups is 1. The van der Waals surface area contributed by atoms with Crippen LogP contribution in [0.15, 0.2) is 36.5 Å². The van der Waals surface area contributed by atoms with E-state index in [4.69, 9.17) is 9.47 Å². The minimum absolute atomic E-state index is 0.0412. The van der Waals surface area contributed by atoms with E-state index in [9.17, 15) is 9.18 Å². The molecule has 2 atom stereocenters. The fourth-order valence-electron chi connectivity index (χ4n) is 3.56. The summed E-state index contributed by atoms with van der Waals surface area (Å²) in [6.45, 7) is 3.69. The Morgan fingerprint density at radius 2 is 2.15 bits per heavy atom. The number of amides is 1. The number of hydrogen-bond acceptors (Lipinski definition) is 10. The van der Waals surface area contributed by atoms with Crippen LogP contribution in [-0.4, -0.2) is 59.1 Å². The van der Waals surface area contributed by atoms with E-state index in [0.29, 0.717) is 22.4 Å². The molecule has 33 heavy (non-hydrogen) atoms. The molecule has 1 aromatic carbocycles. The fourth-order valence-corrected chi connectivity index (χ4v) is 4.28. The lowest BCUT2D eigenvalue weighted by Crippen LogP contribution is -2.26. The molecule has 0 spiro atoms. The van der Waals surface area contributed by atoms with Crippen molar-refractivity contribution in [2.45, 2.75) is 25.5 Å². The molecule has 0 radical (unpaired) electrons. The Kier molecular flexibility index (Phi) is 7.25. The number of hydrogen-bond donors (Lipinski definition) is 2. The average Bonchev–Trinajstić information content (AvgIpc) is 3.48. The molecule has 0 bridgehead atoms. The highest BCUT2D eigenvalue weighted by molar-refractivity contribution is 7.19. The third kappa shape index (κ3) is 5.52. The predicted molar refractivity (Wildman–Crippen MR) is 122 cm³/mol. The van der Waals surface area contributed by atoms with Crippen LogP contribution in [0.2, 0.25) is 0 Å². The van der Waals surface area contributed by atoms with Crippen molar-refractivity contribution >= 4 is 33.3 Å².